The van der Waals surface area contributed by atoms with Crippen LogP contribution in [0.25, 0.3) is 0 Å². The second kappa shape index (κ2) is 11.8. The van der Waals surface area contributed by atoms with Crippen molar-refractivity contribution in [3.05, 3.63) is 48.6 Å². The van der Waals surface area contributed by atoms with E-state index < -0.39 is 0 Å². The zero-order chi connectivity index (χ0) is 14.5. The molecule has 0 aliphatic carbocycles. The van der Waals surface area contributed by atoms with Crippen molar-refractivity contribution in [2.24, 2.45) is 0 Å². The average Bonchev–Trinajstić information content (AvgIpc) is 2.50. The van der Waals surface area contributed by atoms with Crippen LogP contribution in [0.5, 0.6) is 0 Å². The highest BCUT2D eigenvalue weighted by Gasteiger charge is 2.10. The van der Waals surface area contributed by atoms with Crippen molar-refractivity contribution < 1.29 is 0 Å². The highest BCUT2D eigenvalue weighted by Crippen LogP contribution is 2.27. The smallest absolute Gasteiger partial charge is 0.0162 e. The Balaban J connectivity index is 2.25. The first-order chi connectivity index (χ1) is 9.88. The maximum absolute atomic E-state index is 3.78. The maximum atomic E-state index is 3.78. The topological polar surface area (TPSA) is 0 Å². The monoisotopic (exact) mass is 272 g/mol. The molecule has 0 aliphatic rings. The van der Waals surface area contributed by atoms with Crippen LogP contribution in [0.2, 0.25) is 0 Å². The van der Waals surface area contributed by atoms with Crippen molar-refractivity contribution in [1.82, 2.24) is 0 Å². The number of allylic oxidation sites excluding steroid dienone is 1. The first-order valence-electron chi connectivity index (χ1n) is 8.54. The fraction of sp³-hybridized carbons (Fsp3) is 0.600. The molecule has 0 heterocycles. The van der Waals surface area contributed by atoms with Crippen LogP contribution in [0.15, 0.2) is 43.0 Å². The second-order valence-corrected chi connectivity index (χ2v) is 5.88. The molecule has 1 rings (SSSR count). The molecule has 0 aromatic heterocycles. The summed E-state index contributed by atoms with van der Waals surface area (Å²) in [5, 5.41) is 0. The molecule has 0 saturated carbocycles. The van der Waals surface area contributed by atoms with E-state index in [4.69, 9.17) is 0 Å². The van der Waals surface area contributed by atoms with Crippen molar-refractivity contribution in [3.63, 3.8) is 0 Å². The van der Waals surface area contributed by atoms with Gasteiger partial charge in [0.25, 0.3) is 0 Å². The molecule has 0 amide bonds. The number of unbranched alkanes of at least 4 members (excludes halogenated alkanes) is 6. The van der Waals surface area contributed by atoms with Gasteiger partial charge in [-0.05, 0) is 37.2 Å². The number of hydrogen-bond acceptors (Lipinski definition) is 0. The van der Waals surface area contributed by atoms with E-state index in [1.54, 1.807) is 5.56 Å². The number of benzene rings is 1. The predicted molar refractivity (Wildman–Crippen MR) is 91.2 cm³/mol. The van der Waals surface area contributed by atoms with Gasteiger partial charge in [0.1, 0.15) is 0 Å². The lowest BCUT2D eigenvalue weighted by molar-refractivity contribution is 0.503. The lowest BCUT2D eigenvalue weighted by Crippen LogP contribution is -1.99. The minimum atomic E-state index is 0.782. The summed E-state index contributed by atoms with van der Waals surface area (Å²) in [4.78, 5) is 0. The van der Waals surface area contributed by atoms with Crippen LogP contribution >= 0.6 is 0 Å². The summed E-state index contributed by atoms with van der Waals surface area (Å²) < 4.78 is 0. The van der Waals surface area contributed by atoms with Gasteiger partial charge < -0.3 is 0 Å². The van der Waals surface area contributed by atoms with E-state index >= 15 is 0 Å². The highest BCUT2D eigenvalue weighted by atomic mass is 14.1. The zero-order valence-electron chi connectivity index (χ0n) is 13.3. The molecule has 20 heavy (non-hydrogen) atoms. The van der Waals surface area contributed by atoms with E-state index in [9.17, 15) is 0 Å². The van der Waals surface area contributed by atoms with E-state index in [1.807, 2.05) is 6.08 Å². The Hall–Kier alpha value is -1.04. The molecule has 0 spiro atoms. The van der Waals surface area contributed by atoms with Gasteiger partial charge >= 0.3 is 0 Å². The van der Waals surface area contributed by atoms with Gasteiger partial charge in [-0.3, -0.25) is 0 Å². The summed E-state index contributed by atoms with van der Waals surface area (Å²) in [5.41, 5.74) is 1.55. The van der Waals surface area contributed by atoms with Gasteiger partial charge in [0.05, 0.1) is 0 Å². The molecule has 0 heteroatoms. The molecule has 0 fully saturated rings. The van der Waals surface area contributed by atoms with Crippen molar-refractivity contribution in [3.8, 4) is 0 Å². The SMILES string of the molecule is C=CCCCCCCCC(CCCC)c1ccccc1. The Morgan fingerprint density at radius 1 is 0.900 bits per heavy atom. The van der Waals surface area contributed by atoms with Crippen LogP contribution in [0.4, 0.5) is 0 Å². The van der Waals surface area contributed by atoms with E-state index in [1.165, 1.54) is 64.2 Å². The lowest BCUT2D eigenvalue weighted by atomic mass is 9.88. The van der Waals surface area contributed by atoms with Crippen molar-refractivity contribution in [1.29, 1.82) is 0 Å². The number of hydrogen-bond donors (Lipinski definition) is 0. The molecule has 0 bridgehead atoms. The molecule has 1 unspecified atom stereocenters. The van der Waals surface area contributed by atoms with Crippen LogP contribution < -0.4 is 0 Å². The molecule has 0 radical (unpaired) electrons. The van der Waals surface area contributed by atoms with Crippen LogP contribution in [-0.4, -0.2) is 0 Å². The standard InChI is InChI=1S/C20H32/c1-3-5-7-8-9-10-12-16-19(15-6-4-2)20-17-13-11-14-18-20/h3,11,13-14,17-19H,1,4-10,12,15-16H2,2H3. The van der Waals surface area contributed by atoms with Crippen LogP contribution in [-0.2, 0) is 0 Å². The molecule has 1 aromatic carbocycles. The summed E-state index contributed by atoms with van der Waals surface area (Å²) in [6, 6.07) is 11.1. The minimum absolute atomic E-state index is 0.782. The maximum Gasteiger partial charge on any atom is -0.0162 e. The first kappa shape index (κ1) is 17.0. The third-order valence-corrected chi connectivity index (χ3v) is 4.14. The Labute approximate surface area is 126 Å². The van der Waals surface area contributed by atoms with Crippen LogP contribution in [0.1, 0.15) is 82.6 Å². The molecule has 1 aromatic rings. The van der Waals surface area contributed by atoms with Crippen molar-refractivity contribution in [2.75, 3.05) is 0 Å². The van der Waals surface area contributed by atoms with E-state index in [0.717, 1.165) is 5.92 Å². The van der Waals surface area contributed by atoms with Crippen molar-refractivity contribution in [2.45, 2.75) is 77.0 Å². The fourth-order valence-corrected chi connectivity index (χ4v) is 2.86. The minimum Gasteiger partial charge on any atom is -0.103 e. The summed E-state index contributed by atoms with van der Waals surface area (Å²) >= 11 is 0. The van der Waals surface area contributed by atoms with Gasteiger partial charge in [-0.2, -0.15) is 0 Å². The predicted octanol–water partition coefficient (Wildman–Crippen LogP) is 6.88. The second-order valence-electron chi connectivity index (χ2n) is 5.88. The third-order valence-electron chi connectivity index (χ3n) is 4.14. The summed E-state index contributed by atoms with van der Waals surface area (Å²) in [7, 11) is 0. The summed E-state index contributed by atoms with van der Waals surface area (Å²) in [6.07, 6.45) is 15.5. The largest absolute Gasteiger partial charge is 0.103 e. The van der Waals surface area contributed by atoms with Gasteiger partial charge in [0.2, 0.25) is 0 Å². The lowest BCUT2D eigenvalue weighted by Gasteiger charge is -2.17. The molecule has 0 nitrogen and oxygen atoms in total. The van der Waals surface area contributed by atoms with E-state index in [-0.39, 0.29) is 0 Å². The third kappa shape index (κ3) is 7.53. The first-order valence-corrected chi connectivity index (χ1v) is 8.54. The Kier molecular flexibility index (Phi) is 10.0. The number of rotatable bonds is 12. The Morgan fingerprint density at radius 2 is 1.55 bits per heavy atom. The van der Waals surface area contributed by atoms with Crippen molar-refractivity contribution >= 4 is 0 Å². The Bertz CT molecular complexity index is 325. The van der Waals surface area contributed by atoms with E-state index in [0.29, 0.717) is 0 Å². The van der Waals surface area contributed by atoms with Gasteiger partial charge in [-0.15, -0.1) is 6.58 Å². The van der Waals surface area contributed by atoms with Crippen LogP contribution in [0, 0.1) is 0 Å². The van der Waals surface area contributed by atoms with Gasteiger partial charge in [-0.25, -0.2) is 0 Å². The van der Waals surface area contributed by atoms with E-state index in [2.05, 4.69) is 43.8 Å². The molecular weight excluding hydrogens is 240 g/mol. The zero-order valence-corrected chi connectivity index (χ0v) is 13.3. The normalized spacial score (nSPS) is 12.2. The molecular formula is C20H32. The average molecular weight is 272 g/mol. The van der Waals surface area contributed by atoms with Gasteiger partial charge in [0.15, 0.2) is 0 Å². The quantitative estimate of drug-likeness (QED) is 0.287. The Morgan fingerprint density at radius 3 is 2.25 bits per heavy atom. The molecule has 112 valence electrons. The van der Waals surface area contributed by atoms with Gasteiger partial charge in [-0.1, -0.05) is 81.9 Å². The molecule has 0 N–H and O–H groups in total. The highest BCUT2D eigenvalue weighted by molar-refractivity contribution is 5.19. The molecule has 0 saturated heterocycles. The molecule has 0 aliphatic heterocycles. The summed E-state index contributed by atoms with van der Waals surface area (Å²) in [5.74, 6) is 0.782. The summed E-state index contributed by atoms with van der Waals surface area (Å²) in [6.45, 7) is 6.07. The van der Waals surface area contributed by atoms with Gasteiger partial charge in [0, 0.05) is 0 Å². The fourth-order valence-electron chi connectivity index (χ4n) is 2.86. The van der Waals surface area contributed by atoms with Crippen LogP contribution in [0.3, 0.4) is 0 Å². The molecule has 1 atom stereocenters.